The maximum Gasteiger partial charge on any atom is 0.416 e. The van der Waals surface area contributed by atoms with Crippen LogP contribution in [0.4, 0.5) is 13.2 Å². The fraction of sp³-hybridized carbons (Fsp3) is 0.286. The Hall–Kier alpha value is -1.33. The van der Waals surface area contributed by atoms with Gasteiger partial charge in [0.15, 0.2) is 0 Å². The highest BCUT2D eigenvalue weighted by Gasteiger charge is 2.30. The predicted molar refractivity (Wildman–Crippen MR) is 71.3 cm³/mol. The summed E-state index contributed by atoms with van der Waals surface area (Å²) in [5.41, 5.74) is 6.00. The number of halogens is 3. The molecule has 1 nitrogen and oxygen atoms in total. The summed E-state index contributed by atoms with van der Waals surface area (Å²) in [4.78, 5) is 1.17. The zero-order valence-corrected chi connectivity index (χ0v) is 11.0. The van der Waals surface area contributed by atoms with Crippen LogP contribution < -0.4 is 5.73 Å². The summed E-state index contributed by atoms with van der Waals surface area (Å²) in [6, 6.07) is 9.26. The Kier molecular flexibility index (Phi) is 4.27. The summed E-state index contributed by atoms with van der Waals surface area (Å²) in [5, 5.41) is 1.98. The van der Waals surface area contributed by atoms with Crippen LogP contribution in [0.3, 0.4) is 0 Å². The first-order chi connectivity index (χ1) is 9.00. The van der Waals surface area contributed by atoms with Crippen LogP contribution in [-0.4, -0.2) is 6.54 Å². The first-order valence-corrected chi connectivity index (χ1v) is 6.78. The Balaban J connectivity index is 2.11. The predicted octanol–water partition coefficient (Wildman–Crippen LogP) is 4.05. The summed E-state index contributed by atoms with van der Waals surface area (Å²) in [7, 11) is 0. The van der Waals surface area contributed by atoms with E-state index in [9.17, 15) is 13.2 Å². The lowest BCUT2D eigenvalue weighted by molar-refractivity contribution is -0.137. The molecule has 0 radical (unpaired) electrons. The van der Waals surface area contributed by atoms with Crippen LogP contribution >= 0.6 is 11.3 Å². The SMILES string of the molecule is NCC(Cc1ccc(C(F)(F)F)cc1)c1cccs1. The molecule has 0 bridgehead atoms. The molecule has 0 saturated carbocycles. The first kappa shape index (κ1) is 14.1. The third kappa shape index (κ3) is 3.58. The van der Waals surface area contributed by atoms with Crippen molar-refractivity contribution < 1.29 is 13.2 Å². The topological polar surface area (TPSA) is 26.0 Å². The van der Waals surface area contributed by atoms with Crippen molar-refractivity contribution in [3.05, 3.63) is 57.8 Å². The molecule has 1 heterocycles. The maximum atomic E-state index is 12.5. The molecule has 0 aliphatic rings. The number of alkyl halides is 3. The Morgan fingerprint density at radius 1 is 1.11 bits per heavy atom. The summed E-state index contributed by atoms with van der Waals surface area (Å²) in [5.74, 6) is 0.164. The number of hydrogen-bond donors (Lipinski definition) is 1. The molecule has 1 atom stereocenters. The van der Waals surface area contributed by atoms with Gasteiger partial charge in [-0.25, -0.2) is 0 Å². The van der Waals surface area contributed by atoms with E-state index in [0.717, 1.165) is 17.7 Å². The lowest BCUT2D eigenvalue weighted by Crippen LogP contribution is -2.14. The van der Waals surface area contributed by atoms with Crippen LogP contribution in [0.25, 0.3) is 0 Å². The van der Waals surface area contributed by atoms with Crippen molar-refractivity contribution in [2.45, 2.75) is 18.5 Å². The smallest absolute Gasteiger partial charge is 0.330 e. The largest absolute Gasteiger partial charge is 0.416 e. The highest BCUT2D eigenvalue weighted by Crippen LogP contribution is 2.30. The standard InChI is InChI=1S/C14H14F3NS/c15-14(16,17)12-5-3-10(4-6-12)8-11(9-18)13-2-1-7-19-13/h1-7,11H,8-9,18H2. The van der Waals surface area contributed by atoms with Gasteiger partial charge in [-0.2, -0.15) is 13.2 Å². The molecule has 0 saturated heterocycles. The van der Waals surface area contributed by atoms with Crippen LogP contribution in [0, 0.1) is 0 Å². The second-order valence-corrected chi connectivity index (χ2v) is 5.33. The molecule has 2 rings (SSSR count). The average Bonchev–Trinajstić information content (AvgIpc) is 2.89. The van der Waals surface area contributed by atoms with E-state index >= 15 is 0 Å². The van der Waals surface area contributed by atoms with Gasteiger partial charge in [0.05, 0.1) is 5.56 Å². The molecule has 0 spiro atoms. The van der Waals surface area contributed by atoms with Gasteiger partial charge in [-0.05, 0) is 35.6 Å². The number of rotatable bonds is 4. The van der Waals surface area contributed by atoms with E-state index in [-0.39, 0.29) is 5.92 Å². The molecule has 2 aromatic rings. The van der Waals surface area contributed by atoms with Crippen molar-refractivity contribution in [2.24, 2.45) is 5.73 Å². The monoisotopic (exact) mass is 285 g/mol. The van der Waals surface area contributed by atoms with Crippen molar-refractivity contribution in [2.75, 3.05) is 6.54 Å². The molecule has 2 N–H and O–H groups in total. The fourth-order valence-electron chi connectivity index (χ4n) is 1.94. The molecule has 5 heteroatoms. The first-order valence-electron chi connectivity index (χ1n) is 5.90. The van der Waals surface area contributed by atoms with Crippen LogP contribution in [0.2, 0.25) is 0 Å². The lowest BCUT2D eigenvalue weighted by Gasteiger charge is -2.14. The van der Waals surface area contributed by atoms with Crippen LogP contribution in [0.1, 0.15) is 21.9 Å². The van der Waals surface area contributed by atoms with Gasteiger partial charge in [-0.3, -0.25) is 0 Å². The molecule has 1 aromatic carbocycles. The zero-order valence-electron chi connectivity index (χ0n) is 10.2. The summed E-state index contributed by atoms with van der Waals surface area (Å²) in [6.45, 7) is 0.488. The van der Waals surface area contributed by atoms with Crippen molar-refractivity contribution in [3.8, 4) is 0 Å². The Morgan fingerprint density at radius 2 is 1.79 bits per heavy atom. The molecule has 1 unspecified atom stereocenters. The minimum atomic E-state index is -4.28. The van der Waals surface area contributed by atoms with Gasteiger partial charge in [0.25, 0.3) is 0 Å². The molecular formula is C14H14F3NS. The normalized spacial score (nSPS) is 13.5. The van der Waals surface area contributed by atoms with E-state index in [1.165, 1.54) is 17.0 Å². The van der Waals surface area contributed by atoms with E-state index in [0.29, 0.717) is 13.0 Å². The van der Waals surface area contributed by atoms with Crippen molar-refractivity contribution in [1.29, 1.82) is 0 Å². The molecule has 19 heavy (non-hydrogen) atoms. The molecule has 1 aromatic heterocycles. The molecule has 102 valence electrons. The van der Waals surface area contributed by atoms with Gasteiger partial charge >= 0.3 is 6.18 Å². The minimum Gasteiger partial charge on any atom is -0.330 e. The van der Waals surface area contributed by atoms with E-state index < -0.39 is 11.7 Å². The Labute approximate surface area is 113 Å². The van der Waals surface area contributed by atoms with E-state index in [1.807, 2.05) is 17.5 Å². The lowest BCUT2D eigenvalue weighted by atomic mass is 9.97. The Bertz CT molecular complexity index is 502. The third-order valence-electron chi connectivity index (χ3n) is 2.99. The van der Waals surface area contributed by atoms with Crippen molar-refractivity contribution in [3.63, 3.8) is 0 Å². The van der Waals surface area contributed by atoms with E-state index in [4.69, 9.17) is 5.73 Å². The van der Waals surface area contributed by atoms with Gasteiger partial charge in [0.1, 0.15) is 0 Å². The van der Waals surface area contributed by atoms with Crippen molar-refractivity contribution in [1.82, 2.24) is 0 Å². The summed E-state index contributed by atoms with van der Waals surface area (Å²) >= 11 is 1.62. The highest BCUT2D eigenvalue weighted by atomic mass is 32.1. The van der Waals surface area contributed by atoms with Crippen LogP contribution in [-0.2, 0) is 12.6 Å². The van der Waals surface area contributed by atoms with Gasteiger partial charge in [0, 0.05) is 17.3 Å². The van der Waals surface area contributed by atoms with Crippen molar-refractivity contribution >= 4 is 11.3 Å². The second kappa shape index (κ2) is 5.75. The number of benzene rings is 1. The van der Waals surface area contributed by atoms with E-state index in [1.54, 1.807) is 11.3 Å². The van der Waals surface area contributed by atoms with Gasteiger partial charge in [0.2, 0.25) is 0 Å². The zero-order chi connectivity index (χ0) is 13.9. The number of nitrogens with two attached hydrogens (primary N) is 1. The second-order valence-electron chi connectivity index (χ2n) is 4.35. The number of thiophene rings is 1. The molecule has 0 fully saturated rings. The molecular weight excluding hydrogens is 271 g/mol. The Morgan fingerprint density at radius 3 is 2.26 bits per heavy atom. The van der Waals surface area contributed by atoms with E-state index in [2.05, 4.69) is 0 Å². The van der Waals surface area contributed by atoms with Crippen LogP contribution in [0.15, 0.2) is 41.8 Å². The third-order valence-corrected chi connectivity index (χ3v) is 4.03. The average molecular weight is 285 g/mol. The quantitative estimate of drug-likeness (QED) is 0.901. The van der Waals surface area contributed by atoms with Gasteiger partial charge in [-0.1, -0.05) is 18.2 Å². The summed E-state index contributed by atoms with van der Waals surface area (Å²) in [6.07, 6.45) is -3.62. The maximum absolute atomic E-state index is 12.5. The number of hydrogen-bond acceptors (Lipinski definition) is 2. The van der Waals surface area contributed by atoms with Gasteiger partial charge < -0.3 is 5.73 Å². The molecule has 0 aliphatic heterocycles. The summed E-state index contributed by atoms with van der Waals surface area (Å²) < 4.78 is 37.4. The highest BCUT2D eigenvalue weighted by molar-refractivity contribution is 7.10. The van der Waals surface area contributed by atoms with Crippen LogP contribution in [0.5, 0.6) is 0 Å². The fourth-order valence-corrected chi connectivity index (χ4v) is 2.78. The molecule has 0 amide bonds. The van der Waals surface area contributed by atoms with Gasteiger partial charge in [-0.15, -0.1) is 11.3 Å². The minimum absolute atomic E-state index is 0.164. The molecule has 0 aliphatic carbocycles.